The number of nitrogens with two attached hydrogens (primary N) is 2. The van der Waals surface area contributed by atoms with E-state index in [2.05, 4.69) is 12.8 Å². The van der Waals surface area contributed by atoms with Crippen LogP contribution in [0.1, 0.15) is 25.7 Å². The van der Waals surface area contributed by atoms with Crippen LogP contribution in [0.25, 0.3) is 0 Å². The van der Waals surface area contributed by atoms with E-state index in [0.717, 1.165) is 0 Å². The molecule has 0 bridgehead atoms. The van der Waals surface area contributed by atoms with E-state index in [1.807, 2.05) is 0 Å². The maximum atomic E-state index is 10.2. The molecule has 0 saturated heterocycles. The fourth-order valence-corrected chi connectivity index (χ4v) is 0.598. The molecule has 2 amide bonds. The molecule has 90 valence electrons. The Morgan fingerprint density at radius 2 is 1.12 bits per heavy atom. The summed E-state index contributed by atoms with van der Waals surface area (Å²) in [5.41, 5.74) is 9.71. The Kier molecular flexibility index (Phi) is 22.2. The number of hydrogen-bond donors (Lipinski definition) is 4. The lowest BCUT2D eigenvalue weighted by molar-refractivity contribution is -0.119. The van der Waals surface area contributed by atoms with Gasteiger partial charge in [0.2, 0.25) is 11.8 Å². The first-order chi connectivity index (χ1) is 7.45. The van der Waals surface area contributed by atoms with Gasteiger partial charge in [-0.1, -0.05) is 12.8 Å². The first-order valence-corrected chi connectivity index (χ1v) is 4.22. The zero-order valence-corrected chi connectivity index (χ0v) is 8.85. The topological polar surface area (TPSA) is 127 Å². The lowest BCUT2D eigenvalue weighted by atomic mass is 10.2. The highest BCUT2D eigenvalue weighted by Crippen LogP contribution is 1.97. The predicted octanol–water partition coefficient (Wildman–Crippen LogP) is -0.583. The number of carbonyl (C=O) groups is 2. The summed E-state index contributed by atoms with van der Waals surface area (Å²) in [6.45, 7) is 0. The SMILES string of the molecule is C#CO.C#CO.NC(=O)CCCCC(N)=O. The van der Waals surface area contributed by atoms with E-state index in [9.17, 15) is 9.59 Å². The highest BCUT2D eigenvalue weighted by Gasteiger charge is 1.96. The first-order valence-electron chi connectivity index (χ1n) is 4.22. The van der Waals surface area contributed by atoms with E-state index in [0.29, 0.717) is 25.7 Å². The monoisotopic (exact) mass is 228 g/mol. The number of amides is 2. The Morgan fingerprint density at radius 1 is 0.938 bits per heavy atom. The van der Waals surface area contributed by atoms with E-state index in [4.69, 9.17) is 21.7 Å². The summed E-state index contributed by atoms with van der Waals surface area (Å²) in [5, 5.41) is 14.2. The third-order valence-corrected chi connectivity index (χ3v) is 1.10. The smallest absolute Gasteiger partial charge is 0.217 e. The van der Waals surface area contributed by atoms with Gasteiger partial charge >= 0.3 is 0 Å². The molecule has 6 N–H and O–H groups in total. The molecular formula is C10H16N2O4. The number of aliphatic hydroxyl groups is 2. The summed E-state index contributed by atoms with van der Waals surface area (Å²) in [4.78, 5) is 20.3. The second kappa shape index (κ2) is 18.4. The van der Waals surface area contributed by atoms with Gasteiger partial charge in [-0.3, -0.25) is 9.59 Å². The average Bonchev–Trinajstić information content (AvgIpc) is 2.14. The molecule has 0 spiro atoms. The van der Waals surface area contributed by atoms with Gasteiger partial charge in [-0.05, 0) is 12.8 Å². The minimum absolute atomic E-state index is 0.329. The highest BCUT2D eigenvalue weighted by atomic mass is 16.2. The van der Waals surface area contributed by atoms with Crippen LogP contribution in [0.15, 0.2) is 0 Å². The highest BCUT2D eigenvalue weighted by molar-refractivity contribution is 5.74. The van der Waals surface area contributed by atoms with Crippen molar-refractivity contribution in [2.45, 2.75) is 25.7 Å². The molecule has 0 heterocycles. The summed E-state index contributed by atoms with van der Waals surface area (Å²) in [7, 11) is 0. The molecule has 0 unspecified atom stereocenters. The number of aliphatic hydroxyl groups excluding tert-OH is 2. The molecule has 0 aliphatic heterocycles. The van der Waals surface area contributed by atoms with Crippen molar-refractivity contribution in [3.05, 3.63) is 0 Å². The van der Waals surface area contributed by atoms with Crippen LogP contribution in [0.2, 0.25) is 0 Å². The van der Waals surface area contributed by atoms with Gasteiger partial charge in [0.1, 0.15) is 12.2 Å². The van der Waals surface area contributed by atoms with Crippen molar-refractivity contribution in [1.82, 2.24) is 0 Å². The Bertz CT molecular complexity index is 235. The number of unbranched alkanes of at least 4 members (excludes halogenated alkanes) is 1. The predicted molar refractivity (Wildman–Crippen MR) is 58.4 cm³/mol. The zero-order valence-electron chi connectivity index (χ0n) is 8.85. The largest absolute Gasteiger partial charge is 0.462 e. The van der Waals surface area contributed by atoms with Gasteiger partial charge in [0.25, 0.3) is 0 Å². The van der Waals surface area contributed by atoms with Gasteiger partial charge in [-0.2, -0.15) is 0 Å². The molecule has 0 aromatic rings. The molecule has 0 radical (unpaired) electrons. The quantitative estimate of drug-likeness (QED) is 0.370. The number of hydrogen-bond acceptors (Lipinski definition) is 4. The Labute approximate surface area is 94.6 Å². The normalized spacial score (nSPS) is 6.62. The van der Waals surface area contributed by atoms with E-state index in [-0.39, 0.29) is 11.8 Å². The maximum absolute atomic E-state index is 10.2. The standard InChI is InChI=1S/C6H12N2O2.2C2H2O/c7-5(9)3-1-2-4-6(8)10;2*1-2-3/h1-4H2,(H2,7,9)(H2,8,10);2*1,3H. The maximum Gasteiger partial charge on any atom is 0.217 e. The van der Waals surface area contributed by atoms with Gasteiger partial charge in [0.15, 0.2) is 0 Å². The molecular weight excluding hydrogens is 212 g/mol. The van der Waals surface area contributed by atoms with E-state index < -0.39 is 0 Å². The van der Waals surface area contributed by atoms with Crippen molar-refractivity contribution in [2.24, 2.45) is 11.5 Å². The van der Waals surface area contributed by atoms with E-state index in [1.54, 1.807) is 0 Å². The summed E-state index contributed by atoms with van der Waals surface area (Å²) in [6.07, 6.45) is 12.8. The average molecular weight is 228 g/mol. The van der Waals surface area contributed by atoms with Crippen molar-refractivity contribution in [1.29, 1.82) is 0 Å². The second-order valence-electron chi connectivity index (χ2n) is 2.40. The lowest BCUT2D eigenvalue weighted by Gasteiger charge is -1.93. The number of carbonyl (C=O) groups excluding carboxylic acids is 2. The van der Waals surface area contributed by atoms with Crippen molar-refractivity contribution >= 4 is 11.8 Å². The first kappa shape index (κ1) is 19.3. The van der Waals surface area contributed by atoms with Crippen molar-refractivity contribution in [2.75, 3.05) is 0 Å². The van der Waals surface area contributed by atoms with Crippen LogP contribution in [0, 0.1) is 25.1 Å². The van der Waals surface area contributed by atoms with Gasteiger partial charge < -0.3 is 21.7 Å². The van der Waals surface area contributed by atoms with Gasteiger partial charge in [0.05, 0.1) is 0 Å². The van der Waals surface area contributed by atoms with Crippen molar-refractivity contribution in [3.8, 4) is 25.1 Å². The Morgan fingerprint density at radius 3 is 1.25 bits per heavy atom. The number of primary amides is 2. The third kappa shape index (κ3) is 61.0. The fraction of sp³-hybridized carbons (Fsp3) is 0.400. The number of rotatable bonds is 5. The van der Waals surface area contributed by atoms with E-state index in [1.165, 1.54) is 12.2 Å². The summed E-state index contributed by atoms with van der Waals surface area (Å²) in [6, 6.07) is 0. The van der Waals surface area contributed by atoms with Crippen LogP contribution in [0.4, 0.5) is 0 Å². The van der Waals surface area contributed by atoms with Crippen LogP contribution in [0.3, 0.4) is 0 Å². The van der Waals surface area contributed by atoms with Crippen LogP contribution >= 0.6 is 0 Å². The molecule has 0 aliphatic rings. The Hall–Kier alpha value is -2.34. The molecule has 0 atom stereocenters. The van der Waals surface area contributed by atoms with E-state index >= 15 is 0 Å². The molecule has 0 rings (SSSR count). The third-order valence-electron chi connectivity index (χ3n) is 1.10. The summed E-state index contributed by atoms with van der Waals surface area (Å²) < 4.78 is 0. The molecule has 0 aliphatic carbocycles. The van der Waals surface area contributed by atoms with Gasteiger partial charge in [0, 0.05) is 12.8 Å². The Balaban J connectivity index is -0.000000235. The van der Waals surface area contributed by atoms with Crippen LogP contribution in [0.5, 0.6) is 0 Å². The van der Waals surface area contributed by atoms with Crippen LogP contribution < -0.4 is 11.5 Å². The minimum atomic E-state index is -0.329. The van der Waals surface area contributed by atoms with Crippen molar-refractivity contribution in [3.63, 3.8) is 0 Å². The summed E-state index contributed by atoms with van der Waals surface area (Å²) in [5.74, 6) is -0.658. The molecule has 0 saturated carbocycles. The molecule has 16 heavy (non-hydrogen) atoms. The summed E-state index contributed by atoms with van der Waals surface area (Å²) >= 11 is 0. The number of terminal acetylenes is 2. The zero-order chi connectivity index (χ0) is 13.4. The molecule has 0 fully saturated rings. The van der Waals surface area contributed by atoms with Crippen molar-refractivity contribution < 1.29 is 19.8 Å². The second-order valence-corrected chi connectivity index (χ2v) is 2.40. The lowest BCUT2D eigenvalue weighted by Crippen LogP contribution is -2.12. The molecule has 6 heteroatoms. The minimum Gasteiger partial charge on any atom is -0.462 e. The molecule has 0 aromatic heterocycles. The van der Waals surface area contributed by atoms with Crippen LogP contribution in [-0.4, -0.2) is 22.0 Å². The van der Waals surface area contributed by atoms with Gasteiger partial charge in [-0.25, -0.2) is 0 Å². The van der Waals surface area contributed by atoms with Crippen LogP contribution in [-0.2, 0) is 9.59 Å². The fourth-order valence-electron chi connectivity index (χ4n) is 0.598. The molecule has 6 nitrogen and oxygen atoms in total. The molecule has 0 aromatic carbocycles. The van der Waals surface area contributed by atoms with Gasteiger partial charge in [-0.15, -0.1) is 0 Å².